The Balaban J connectivity index is 1.47. The zero-order chi connectivity index (χ0) is 21.8. The van der Waals surface area contributed by atoms with Gasteiger partial charge in [-0.2, -0.15) is 0 Å². The Morgan fingerprint density at radius 1 is 1.10 bits per heavy atom. The first-order valence-electron chi connectivity index (χ1n) is 10.4. The van der Waals surface area contributed by atoms with E-state index in [4.69, 9.17) is 20.9 Å². The van der Waals surface area contributed by atoms with Gasteiger partial charge in [-0.15, -0.1) is 0 Å². The molecule has 1 N–H and O–H groups in total. The summed E-state index contributed by atoms with van der Waals surface area (Å²) in [6.07, 6.45) is 0. The van der Waals surface area contributed by atoms with Crippen molar-refractivity contribution in [2.75, 3.05) is 32.8 Å². The Labute approximate surface area is 187 Å². The van der Waals surface area contributed by atoms with Crippen molar-refractivity contribution in [3.05, 3.63) is 75.9 Å². The number of carbonyl (C=O) groups excluding carboxylic acids is 1. The lowest BCUT2D eigenvalue weighted by molar-refractivity contribution is 0.0162. The molecule has 1 saturated heterocycles. The fourth-order valence-electron chi connectivity index (χ4n) is 3.72. The number of hydrogen-bond acceptors (Lipinski definition) is 5. The molecular weight excluding hydrogens is 414 g/mol. The van der Waals surface area contributed by atoms with Gasteiger partial charge in [0.15, 0.2) is 11.5 Å². The quantitative estimate of drug-likeness (QED) is 0.616. The maximum atomic E-state index is 12.8. The lowest BCUT2D eigenvalue weighted by Gasteiger charge is -2.34. The number of aryl methyl sites for hydroxylation is 2. The van der Waals surface area contributed by atoms with Crippen LogP contribution in [0.4, 0.5) is 0 Å². The molecule has 0 aliphatic carbocycles. The number of nitrogens with one attached hydrogen (secondary N) is 1. The van der Waals surface area contributed by atoms with Crippen LogP contribution >= 0.6 is 11.6 Å². The minimum absolute atomic E-state index is 0.0243. The standard InChI is InChI=1S/C24H26ClN3O3/c1-16-3-4-19(13-17(16)2)23-14-21(27-31-23)24(29)26-15-22(28-9-11-30-12-10-28)18-5-7-20(25)8-6-18/h3-8,13-14,22H,9-12,15H2,1-2H3,(H,26,29)/t22-/m1/s1. The van der Waals surface area contributed by atoms with Crippen molar-refractivity contribution in [2.45, 2.75) is 19.9 Å². The van der Waals surface area contributed by atoms with Crippen LogP contribution in [0.3, 0.4) is 0 Å². The molecule has 0 spiro atoms. The highest BCUT2D eigenvalue weighted by Crippen LogP contribution is 2.25. The van der Waals surface area contributed by atoms with Crippen LogP contribution in [0.5, 0.6) is 0 Å². The van der Waals surface area contributed by atoms with Crippen molar-refractivity contribution in [2.24, 2.45) is 0 Å². The lowest BCUT2D eigenvalue weighted by atomic mass is 10.0. The van der Waals surface area contributed by atoms with E-state index in [1.54, 1.807) is 6.07 Å². The van der Waals surface area contributed by atoms with Gasteiger partial charge in [0.25, 0.3) is 5.91 Å². The van der Waals surface area contributed by atoms with Gasteiger partial charge in [0, 0.05) is 36.3 Å². The summed E-state index contributed by atoms with van der Waals surface area (Å²) in [5.74, 6) is 0.321. The second-order valence-corrected chi connectivity index (χ2v) is 8.24. The average Bonchev–Trinajstić information content (AvgIpc) is 3.28. The molecule has 1 aromatic heterocycles. The van der Waals surface area contributed by atoms with Gasteiger partial charge < -0.3 is 14.6 Å². The van der Waals surface area contributed by atoms with Gasteiger partial charge in [-0.3, -0.25) is 9.69 Å². The van der Waals surface area contributed by atoms with Crippen LogP contribution in [0.1, 0.15) is 33.2 Å². The number of rotatable bonds is 6. The average molecular weight is 440 g/mol. The van der Waals surface area contributed by atoms with Crippen LogP contribution in [-0.2, 0) is 4.74 Å². The number of nitrogens with zero attached hydrogens (tertiary/aromatic N) is 2. The minimum Gasteiger partial charge on any atom is -0.379 e. The number of benzene rings is 2. The van der Waals surface area contributed by atoms with Crippen LogP contribution < -0.4 is 5.32 Å². The lowest BCUT2D eigenvalue weighted by Crippen LogP contribution is -2.43. The van der Waals surface area contributed by atoms with Gasteiger partial charge in [0.1, 0.15) is 0 Å². The molecule has 1 atom stereocenters. The van der Waals surface area contributed by atoms with Crippen molar-refractivity contribution in [3.8, 4) is 11.3 Å². The number of morpholine rings is 1. The van der Waals surface area contributed by atoms with Crippen molar-refractivity contribution in [3.63, 3.8) is 0 Å². The van der Waals surface area contributed by atoms with Crippen molar-refractivity contribution in [1.82, 2.24) is 15.4 Å². The first kappa shape index (κ1) is 21.6. The highest BCUT2D eigenvalue weighted by Gasteiger charge is 2.24. The zero-order valence-corrected chi connectivity index (χ0v) is 18.5. The van der Waals surface area contributed by atoms with Gasteiger partial charge in [0.2, 0.25) is 0 Å². The third-order valence-electron chi connectivity index (χ3n) is 5.73. The summed E-state index contributed by atoms with van der Waals surface area (Å²) in [6, 6.07) is 15.5. The molecule has 0 radical (unpaired) electrons. The number of ether oxygens (including phenoxy) is 1. The third kappa shape index (κ3) is 5.15. The number of aromatic nitrogens is 1. The minimum atomic E-state index is -0.258. The maximum Gasteiger partial charge on any atom is 0.273 e. The first-order valence-corrected chi connectivity index (χ1v) is 10.8. The third-order valence-corrected chi connectivity index (χ3v) is 5.98. The van der Waals surface area contributed by atoms with E-state index < -0.39 is 0 Å². The van der Waals surface area contributed by atoms with E-state index in [9.17, 15) is 4.79 Å². The van der Waals surface area contributed by atoms with E-state index in [0.717, 1.165) is 29.8 Å². The maximum absolute atomic E-state index is 12.8. The summed E-state index contributed by atoms with van der Waals surface area (Å²) >= 11 is 6.06. The van der Waals surface area contributed by atoms with E-state index in [0.29, 0.717) is 30.5 Å². The number of carbonyl (C=O) groups is 1. The summed E-state index contributed by atoms with van der Waals surface area (Å²) in [5.41, 5.74) is 4.64. The van der Waals surface area contributed by atoms with Gasteiger partial charge in [-0.05, 0) is 48.7 Å². The molecule has 31 heavy (non-hydrogen) atoms. The second kappa shape index (κ2) is 9.64. The normalized spacial score (nSPS) is 15.6. The first-order chi connectivity index (χ1) is 15.0. The van der Waals surface area contributed by atoms with Gasteiger partial charge in [0.05, 0.1) is 19.3 Å². The smallest absolute Gasteiger partial charge is 0.273 e. The zero-order valence-electron chi connectivity index (χ0n) is 17.7. The molecule has 3 aromatic rings. The fraction of sp³-hybridized carbons (Fsp3) is 0.333. The molecule has 2 heterocycles. The second-order valence-electron chi connectivity index (χ2n) is 7.80. The molecular formula is C24H26ClN3O3. The Hall–Kier alpha value is -2.67. The monoisotopic (exact) mass is 439 g/mol. The van der Waals surface area contributed by atoms with Crippen LogP contribution in [0.25, 0.3) is 11.3 Å². The summed E-state index contributed by atoms with van der Waals surface area (Å²) in [6.45, 7) is 7.54. The SMILES string of the molecule is Cc1ccc(-c2cc(C(=O)NC[C@H](c3ccc(Cl)cc3)N3CCOCC3)no2)cc1C. The Morgan fingerprint density at radius 3 is 2.55 bits per heavy atom. The molecule has 4 rings (SSSR count). The van der Waals surface area contributed by atoms with E-state index in [-0.39, 0.29) is 17.6 Å². The summed E-state index contributed by atoms with van der Waals surface area (Å²) < 4.78 is 10.9. The predicted octanol–water partition coefficient (Wildman–Crippen LogP) is 4.42. The number of amides is 1. The Bertz CT molecular complexity index is 1040. The van der Waals surface area contributed by atoms with Crippen LogP contribution in [-0.4, -0.2) is 48.8 Å². The van der Waals surface area contributed by atoms with E-state index in [2.05, 4.69) is 22.3 Å². The van der Waals surface area contributed by atoms with Crippen molar-refractivity contribution in [1.29, 1.82) is 0 Å². The summed E-state index contributed by atoms with van der Waals surface area (Å²) in [7, 11) is 0. The largest absolute Gasteiger partial charge is 0.379 e. The highest BCUT2D eigenvalue weighted by molar-refractivity contribution is 6.30. The number of hydrogen-bond donors (Lipinski definition) is 1. The molecule has 6 nitrogen and oxygen atoms in total. The summed E-state index contributed by atoms with van der Waals surface area (Å²) in [4.78, 5) is 15.1. The molecule has 2 aromatic carbocycles. The fourth-order valence-corrected chi connectivity index (χ4v) is 3.85. The molecule has 1 amide bonds. The highest BCUT2D eigenvalue weighted by atomic mass is 35.5. The predicted molar refractivity (Wildman–Crippen MR) is 120 cm³/mol. The molecule has 7 heteroatoms. The van der Waals surface area contributed by atoms with Gasteiger partial charge in [-0.1, -0.05) is 41.0 Å². The molecule has 1 fully saturated rings. The topological polar surface area (TPSA) is 67.6 Å². The van der Waals surface area contributed by atoms with Gasteiger partial charge in [-0.25, -0.2) is 0 Å². The van der Waals surface area contributed by atoms with Crippen LogP contribution in [0.15, 0.2) is 53.1 Å². The molecule has 162 valence electrons. The molecule has 0 saturated carbocycles. The molecule has 0 unspecified atom stereocenters. The Morgan fingerprint density at radius 2 is 1.84 bits per heavy atom. The van der Waals surface area contributed by atoms with E-state index in [1.807, 2.05) is 49.4 Å². The van der Waals surface area contributed by atoms with Gasteiger partial charge >= 0.3 is 0 Å². The van der Waals surface area contributed by atoms with Crippen molar-refractivity contribution >= 4 is 17.5 Å². The number of halogens is 1. The molecule has 1 aliphatic rings. The van der Waals surface area contributed by atoms with E-state index in [1.165, 1.54) is 5.56 Å². The van der Waals surface area contributed by atoms with Crippen molar-refractivity contribution < 1.29 is 14.1 Å². The molecule has 1 aliphatic heterocycles. The summed E-state index contributed by atoms with van der Waals surface area (Å²) in [5, 5.41) is 7.69. The Kier molecular flexibility index (Phi) is 6.70. The van der Waals surface area contributed by atoms with Crippen LogP contribution in [0.2, 0.25) is 5.02 Å². The molecule has 0 bridgehead atoms. The van der Waals surface area contributed by atoms with E-state index >= 15 is 0 Å². The van der Waals surface area contributed by atoms with Crippen LogP contribution in [0, 0.1) is 13.8 Å².